The second-order valence-corrected chi connectivity index (χ2v) is 1.34. The summed E-state index contributed by atoms with van der Waals surface area (Å²) in [4.78, 5) is 0. The normalized spacial score (nSPS) is 7.50. The van der Waals surface area contributed by atoms with Crippen molar-refractivity contribution in [2.45, 2.75) is 0 Å². The molecule has 0 saturated carbocycles. The van der Waals surface area contributed by atoms with Gasteiger partial charge < -0.3 is 5.73 Å². The van der Waals surface area contributed by atoms with Crippen molar-refractivity contribution in [2.24, 2.45) is 0 Å². The van der Waals surface area contributed by atoms with Crippen molar-refractivity contribution in [3.05, 3.63) is 30.3 Å². The Hall–Kier alpha value is -0.292. The van der Waals surface area contributed by atoms with E-state index >= 15 is 0 Å². The summed E-state index contributed by atoms with van der Waals surface area (Å²) in [5, 5.41) is 0. The molecule has 1 rings (SSSR count). The van der Waals surface area contributed by atoms with E-state index in [1.165, 1.54) is 0 Å². The number of hydrogen-bond donors (Lipinski definition) is 1. The minimum atomic E-state index is 0. The zero-order chi connectivity index (χ0) is 5.11. The zero-order valence-electron chi connectivity index (χ0n) is 4.29. The molecule has 1 aromatic rings. The maximum absolute atomic E-state index is 5.33. The molecule has 8 heavy (non-hydrogen) atoms. The van der Waals surface area contributed by atoms with Crippen LogP contribution >= 0.6 is 0 Å². The molecule has 0 aliphatic carbocycles. The van der Waals surface area contributed by atoms with Gasteiger partial charge in [0, 0.05) is 21.1 Å². The van der Waals surface area contributed by atoms with Gasteiger partial charge in [0.1, 0.15) is 0 Å². The fourth-order valence-electron chi connectivity index (χ4n) is 0.407. The Morgan fingerprint density at radius 1 is 1.50 bits per heavy atom. The summed E-state index contributed by atoms with van der Waals surface area (Å²) in [7, 11) is 0. The Labute approximate surface area is 63.2 Å². The fraction of sp³-hybridized carbons (Fsp3) is 0. The molecule has 0 unspecified atom stereocenters. The fourth-order valence-corrected chi connectivity index (χ4v) is 0.407. The van der Waals surface area contributed by atoms with Gasteiger partial charge in [-0.1, -0.05) is 5.69 Å². The first-order valence-corrected chi connectivity index (χ1v) is 2.11. The molecule has 0 aliphatic heterocycles. The third kappa shape index (κ3) is 2.13. The average Bonchev–Trinajstić information content (AvgIpc) is 1.69. The molecule has 0 radical (unpaired) electrons. The standard InChI is InChI=1S/C6H6N.W/c7-6-4-2-1-3-5-6;/h1-2,4-5H,7H2;/q-1;. The summed E-state index contributed by atoms with van der Waals surface area (Å²) < 4.78 is 0. The number of nitrogen functional groups attached to an aromatic ring is 1. The van der Waals surface area contributed by atoms with Gasteiger partial charge in [-0.25, -0.2) is 0 Å². The van der Waals surface area contributed by atoms with Crippen LogP contribution in [0.15, 0.2) is 24.3 Å². The van der Waals surface area contributed by atoms with Gasteiger partial charge in [-0.05, 0) is 0 Å². The Bertz CT molecular complexity index is 138. The van der Waals surface area contributed by atoms with Crippen LogP contribution in [0.1, 0.15) is 0 Å². The molecule has 2 heteroatoms. The smallest absolute Gasteiger partial charge is 0 e. The second-order valence-electron chi connectivity index (χ2n) is 1.34. The first kappa shape index (κ1) is 7.71. The van der Waals surface area contributed by atoms with E-state index in [9.17, 15) is 0 Å². The van der Waals surface area contributed by atoms with Crippen molar-refractivity contribution in [3.63, 3.8) is 0 Å². The molecule has 0 spiro atoms. The molecule has 0 atom stereocenters. The molecule has 0 amide bonds. The van der Waals surface area contributed by atoms with Crippen LogP contribution in [-0.2, 0) is 21.1 Å². The second kappa shape index (κ2) is 3.68. The van der Waals surface area contributed by atoms with E-state index in [0.29, 0.717) is 0 Å². The van der Waals surface area contributed by atoms with Gasteiger partial charge >= 0.3 is 0 Å². The van der Waals surface area contributed by atoms with Crippen LogP contribution in [0.25, 0.3) is 0 Å². The van der Waals surface area contributed by atoms with Crippen molar-refractivity contribution in [2.75, 3.05) is 5.73 Å². The van der Waals surface area contributed by atoms with E-state index in [1.54, 1.807) is 6.07 Å². The molecule has 42 valence electrons. The molecule has 2 N–H and O–H groups in total. The Kier molecular flexibility index (Phi) is 3.54. The summed E-state index contributed by atoms with van der Waals surface area (Å²) in [5.41, 5.74) is 6.09. The van der Waals surface area contributed by atoms with Crippen LogP contribution in [0.2, 0.25) is 0 Å². The van der Waals surface area contributed by atoms with Crippen LogP contribution in [0.4, 0.5) is 5.69 Å². The van der Waals surface area contributed by atoms with Crippen molar-refractivity contribution in [1.82, 2.24) is 0 Å². The SMILES string of the molecule is Nc1c[c-]ccc1.[W]. The van der Waals surface area contributed by atoms with E-state index < -0.39 is 0 Å². The quantitative estimate of drug-likeness (QED) is 0.556. The van der Waals surface area contributed by atoms with E-state index in [2.05, 4.69) is 6.07 Å². The van der Waals surface area contributed by atoms with Gasteiger partial charge in [-0.2, -0.15) is 30.3 Å². The summed E-state index contributed by atoms with van der Waals surface area (Å²) in [5.74, 6) is 0. The van der Waals surface area contributed by atoms with Gasteiger partial charge in [-0.15, -0.1) is 0 Å². The minimum Gasteiger partial charge on any atom is -0.449 e. The predicted octanol–water partition coefficient (Wildman–Crippen LogP) is 1.07. The molecule has 1 aromatic carbocycles. The van der Waals surface area contributed by atoms with Crippen molar-refractivity contribution in [1.29, 1.82) is 0 Å². The molecule has 1 nitrogen and oxygen atoms in total. The number of benzene rings is 1. The maximum Gasteiger partial charge on any atom is 0 e. The van der Waals surface area contributed by atoms with Crippen LogP contribution in [0, 0.1) is 6.07 Å². The monoisotopic (exact) mass is 276 g/mol. The van der Waals surface area contributed by atoms with Gasteiger partial charge in [0.05, 0.1) is 0 Å². The first-order valence-electron chi connectivity index (χ1n) is 2.11. The van der Waals surface area contributed by atoms with Crippen molar-refractivity contribution >= 4 is 5.69 Å². The number of nitrogens with two attached hydrogens (primary N) is 1. The Morgan fingerprint density at radius 2 is 2.25 bits per heavy atom. The number of rotatable bonds is 0. The van der Waals surface area contributed by atoms with E-state index in [1.807, 2.05) is 18.2 Å². The molecule has 0 saturated heterocycles. The van der Waals surface area contributed by atoms with Gasteiger partial charge in [-0.3, -0.25) is 0 Å². The molecule has 0 bridgehead atoms. The minimum absolute atomic E-state index is 0. The van der Waals surface area contributed by atoms with Crippen LogP contribution in [0.3, 0.4) is 0 Å². The summed E-state index contributed by atoms with van der Waals surface area (Å²) in [6.07, 6.45) is 0. The zero-order valence-corrected chi connectivity index (χ0v) is 7.23. The van der Waals surface area contributed by atoms with E-state index in [0.717, 1.165) is 5.69 Å². The van der Waals surface area contributed by atoms with Crippen molar-refractivity contribution < 1.29 is 21.1 Å². The van der Waals surface area contributed by atoms with Crippen LogP contribution < -0.4 is 5.73 Å². The number of hydrogen-bond acceptors (Lipinski definition) is 1. The third-order valence-corrected chi connectivity index (χ3v) is 0.731. The number of anilines is 1. The Morgan fingerprint density at radius 3 is 2.50 bits per heavy atom. The predicted molar refractivity (Wildman–Crippen MR) is 29.7 cm³/mol. The molecular formula is C6H6NW-. The summed E-state index contributed by atoms with van der Waals surface area (Å²) in [6, 6.07) is 10.1. The van der Waals surface area contributed by atoms with Crippen LogP contribution in [0.5, 0.6) is 0 Å². The third-order valence-electron chi connectivity index (χ3n) is 0.731. The van der Waals surface area contributed by atoms with E-state index in [4.69, 9.17) is 5.73 Å². The largest absolute Gasteiger partial charge is 0.449 e. The van der Waals surface area contributed by atoms with E-state index in [-0.39, 0.29) is 21.1 Å². The molecule has 0 aliphatic rings. The molecular weight excluding hydrogens is 270 g/mol. The molecule has 0 aromatic heterocycles. The van der Waals surface area contributed by atoms with Gasteiger partial charge in [0.15, 0.2) is 0 Å². The Balaban J connectivity index is 0.000000490. The average molecular weight is 276 g/mol. The maximum atomic E-state index is 5.33. The first-order chi connectivity index (χ1) is 3.39. The topological polar surface area (TPSA) is 26.0 Å². The molecule has 0 fully saturated rings. The van der Waals surface area contributed by atoms with Gasteiger partial charge in [0.2, 0.25) is 0 Å². The molecule has 0 heterocycles. The summed E-state index contributed by atoms with van der Waals surface area (Å²) >= 11 is 0. The summed E-state index contributed by atoms with van der Waals surface area (Å²) in [6.45, 7) is 0. The van der Waals surface area contributed by atoms with Crippen LogP contribution in [-0.4, -0.2) is 0 Å². The van der Waals surface area contributed by atoms with Crippen molar-refractivity contribution in [3.8, 4) is 0 Å². The van der Waals surface area contributed by atoms with Gasteiger partial charge in [0.25, 0.3) is 0 Å².